The van der Waals surface area contributed by atoms with E-state index < -0.39 is 11.9 Å². The van der Waals surface area contributed by atoms with Crippen molar-refractivity contribution >= 4 is 11.9 Å². The molecule has 0 amide bonds. The van der Waals surface area contributed by atoms with Crippen molar-refractivity contribution in [2.45, 2.75) is 0 Å². The van der Waals surface area contributed by atoms with Crippen LogP contribution in [0.5, 0.6) is 0 Å². The van der Waals surface area contributed by atoms with Crippen LogP contribution in [0.15, 0.2) is 23.8 Å². The first-order chi connectivity index (χ1) is 7.13. The van der Waals surface area contributed by atoms with Gasteiger partial charge in [0.15, 0.2) is 0 Å². The first-order valence-electron chi connectivity index (χ1n) is 4.17. The Morgan fingerprint density at radius 1 is 1.00 bits per heavy atom. The van der Waals surface area contributed by atoms with E-state index in [-0.39, 0.29) is 6.61 Å². The Hall–Kier alpha value is -1.62. The van der Waals surface area contributed by atoms with Gasteiger partial charge in [0.05, 0.1) is 20.8 Å². The molecule has 5 heteroatoms. The summed E-state index contributed by atoms with van der Waals surface area (Å²) in [7, 11) is 4.02. The molecule has 0 spiro atoms. The molecule has 0 aliphatic carbocycles. The highest BCUT2D eigenvalue weighted by atomic mass is 16.5. The van der Waals surface area contributed by atoms with Crippen LogP contribution < -0.4 is 0 Å². The summed E-state index contributed by atoms with van der Waals surface area (Å²) in [4.78, 5) is 21.7. The molecule has 0 heterocycles. The number of carbonyl (C=O) groups excluding carboxylic acids is 2. The lowest BCUT2D eigenvalue weighted by atomic mass is 10.2. The van der Waals surface area contributed by atoms with E-state index in [1.807, 2.05) is 0 Å². The minimum Gasteiger partial charge on any atom is -0.466 e. The molecule has 0 aromatic rings. The molecule has 5 nitrogen and oxygen atoms in total. The quantitative estimate of drug-likeness (QED) is 0.378. The average molecular weight is 214 g/mol. The van der Waals surface area contributed by atoms with Crippen molar-refractivity contribution < 1.29 is 23.8 Å². The molecule has 0 aliphatic heterocycles. The van der Waals surface area contributed by atoms with Crippen LogP contribution in [0.25, 0.3) is 0 Å². The van der Waals surface area contributed by atoms with Crippen LogP contribution in [0.2, 0.25) is 0 Å². The van der Waals surface area contributed by atoms with E-state index in [1.165, 1.54) is 39.6 Å². The van der Waals surface area contributed by atoms with E-state index in [9.17, 15) is 9.59 Å². The highest BCUT2D eigenvalue weighted by molar-refractivity contribution is 5.85. The van der Waals surface area contributed by atoms with E-state index in [2.05, 4.69) is 9.47 Å². The predicted molar refractivity (Wildman–Crippen MR) is 53.1 cm³/mol. The number of ether oxygens (including phenoxy) is 3. The molecule has 0 bridgehead atoms. The Bertz CT molecular complexity index is 278. The first-order valence-corrected chi connectivity index (χ1v) is 4.17. The van der Waals surface area contributed by atoms with Crippen molar-refractivity contribution in [3.8, 4) is 0 Å². The fourth-order valence-electron chi connectivity index (χ4n) is 0.758. The molecule has 0 saturated carbocycles. The zero-order valence-corrected chi connectivity index (χ0v) is 8.98. The third-order valence-electron chi connectivity index (χ3n) is 1.45. The smallest absolute Gasteiger partial charge is 0.330 e. The molecule has 0 saturated heterocycles. The van der Waals surface area contributed by atoms with Gasteiger partial charge in [-0.05, 0) is 11.6 Å². The van der Waals surface area contributed by atoms with Crippen molar-refractivity contribution in [2.24, 2.45) is 0 Å². The van der Waals surface area contributed by atoms with Crippen molar-refractivity contribution in [2.75, 3.05) is 27.9 Å². The number of hydrogen-bond acceptors (Lipinski definition) is 5. The zero-order chi connectivity index (χ0) is 11.7. The van der Waals surface area contributed by atoms with Gasteiger partial charge in [0.1, 0.15) is 0 Å². The molecule has 0 radical (unpaired) electrons. The van der Waals surface area contributed by atoms with Gasteiger partial charge in [-0.1, -0.05) is 0 Å². The monoisotopic (exact) mass is 214 g/mol. The lowest BCUT2D eigenvalue weighted by molar-refractivity contribution is -0.135. The third-order valence-corrected chi connectivity index (χ3v) is 1.45. The standard InChI is InChI=1S/C10H14O5/c1-13-7-8(6-10(12)15-3)4-5-9(11)14-2/h4-6H,7H2,1-3H3/b5-4-,8-6-. The number of hydrogen-bond donors (Lipinski definition) is 0. The molecule has 0 rings (SSSR count). The van der Waals surface area contributed by atoms with Crippen LogP contribution >= 0.6 is 0 Å². The summed E-state index contributed by atoms with van der Waals surface area (Å²) in [5.41, 5.74) is 0.523. The van der Waals surface area contributed by atoms with Gasteiger partial charge < -0.3 is 14.2 Å². The van der Waals surface area contributed by atoms with Gasteiger partial charge >= 0.3 is 11.9 Å². The highest BCUT2D eigenvalue weighted by Gasteiger charge is 1.99. The van der Waals surface area contributed by atoms with Crippen LogP contribution in [0.4, 0.5) is 0 Å². The van der Waals surface area contributed by atoms with Gasteiger partial charge in [0.2, 0.25) is 0 Å². The predicted octanol–water partition coefficient (Wildman–Crippen LogP) is 0.461. The molecular weight excluding hydrogens is 200 g/mol. The normalized spacial score (nSPS) is 11.5. The lowest BCUT2D eigenvalue weighted by Gasteiger charge is -1.99. The van der Waals surface area contributed by atoms with E-state index in [0.29, 0.717) is 5.57 Å². The van der Waals surface area contributed by atoms with E-state index in [0.717, 1.165) is 0 Å². The zero-order valence-electron chi connectivity index (χ0n) is 8.98. The minimum atomic E-state index is -0.503. The largest absolute Gasteiger partial charge is 0.466 e. The Morgan fingerprint density at radius 2 is 1.60 bits per heavy atom. The minimum absolute atomic E-state index is 0.211. The fourth-order valence-corrected chi connectivity index (χ4v) is 0.758. The molecule has 0 aromatic carbocycles. The van der Waals surface area contributed by atoms with Crippen LogP contribution in [-0.4, -0.2) is 39.9 Å². The molecule has 0 unspecified atom stereocenters. The highest BCUT2D eigenvalue weighted by Crippen LogP contribution is 1.99. The van der Waals surface area contributed by atoms with Gasteiger partial charge in [0.25, 0.3) is 0 Å². The summed E-state index contributed by atoms with van der Waals surface area (Å²) in [6, 6.07) is 0. The van der Waals surface area contributed by atoms with Gasteiger partial charge in [0, 0.05) is 19.3 Å². The second kappa shape index (κ2) is 7.75. The molecule has 0 aliphatic rings. The van der Waals surface area contributed by atoms with Gasteiger partial charge in [-0.3, -0.25) is 0 Å². The average Bonchev–Trinajstić information content (AvgIpc) is 2.25. The molecule has 0 aromatic heterocycles. The van der Waals surface area contributed by atoms with E-state index in [4.69, 9.17) is 4.74 Å². The maximum atomic E-state index is 10.9. The van der Waals surface area contributed by atoms with Crippen LogP contribution in [0.1, 0.15) is 0 Å². The van der Waals surface area contributed by atoms with Crippen molar-refractivity contribution in [1.82, 2.24) is 0 Å². The number of carbonyl (C=O) groups is 2. The second-order valence-electron chi connectivity index (χ2n) is 2.53. The Morgan fingerprint density at radius 3 is 2.07 bits per heavy atom. The molecule has 84 valence electrons. The SMILES string of the molecule is COCC(/C=C\C(=O)OC)=C\C(=O)OC. The van der Waals surface area contributed by atoms with Gasteiger partial charge in [-0.2, -0.15) is 0 Å². The Kier molecular flexibility index (Phi) is 6.92. The Labute approximate surface area is 88.3 Å². The number of rotatable bonds is 5. The summed E-state index contributed by atoms with van der Waals surface area (Å²) in [6.07, 6.45) is 3.88. The number of methoxy groups -OCH3 is 3. The maximum Gasteiger partial charge on any atom is 0.330 e. The summed E-state index contributed by atoms with van der Waals surface area (Å²) in [6.45, 7) is 0.211. The molecular formula is C10H14O5. The fraction of sp³-hybridized carbons (Fsp3) is 0.400. The summed E-state index contributed by atoms with van der Waals surface area (Å²) < 4.78 is 13.7. The second-order valence-corrected chi connectivity index (χ2v) is 2.53. The molecule has 15 heavy (non-hydrogen) atoms. The Balaban J connectivity index is 4.52. The van der Waals surface area contributed by atoms with Gasteiger partial charge in [-0.25, -0.2) is 9.59 Å². The van der Waals surface area contributed by atoms with Crippen molar-refractivity contribution in [1.29, 1.82) is 0 Å². The van der Waals surface area contributed by atoms with Crippen LogP contribution in [-0.2, 0) is 23.8 Å². The molecule has 0 atom stereocenters. The summed E-state index contributed by atoms with van der Waals surface area (Å²) in [5.74, 6) is -1.00. The first kappa shape index (κ1) is 13.4. The molecule has 0 N–H and O–H groups in total. The maximum absolute atomic E-state index is 10.9. The van der Waals surface area contributed by atoms with Crippen LogP contribution in [0, 0.1) is 0 Å². The third kappa shape index (κ3) is 6.45. The van der Waals surface area contributed by atoms with Crippen molar-refractivity contribution in [3.63, 3.8) is 0 Å². The van der Waals surface area contributed by atoms with Gasteiger partial charge in [-0.15, -0.1) is 0 Å². The molecule has 0 fully saturated rings. The number of esters is 2. The van der Waals surface area contributed by atoms with Crippen molar-refractivity contribution in [3.05, 3.63) is 23.8 Å². The summed E-state index contributed by atoms with van der Waals surface area (Å²) >= 11 is 0. The lowest BCUT2D eigenvalue weighted by Crippen LogP contribution is -2.01. The van der Waals surface area contributed by atoms with E-state index in [1.54, 1.807) is 0 Å². The summed E-state index contributed by atoms with van der Waals surface area (Å²) in [5, 5.41) is 0. The topological polar surface area (TPSA) is 61.8 Å². The van der Waals surface area contributed by atoms with E-state index >= 15 is 0 Å². The van der Waals surface area contributed by atoms with Crippen LogP contribution in [0.3, 0.4) is 0 Å².